The lowest BCUT2D eigenvalue weighted by molar-refractivity contribution is -0.133. The molecule has 0 atom stereocenters. The topological polar surface area (TPSA) is 106 Å². The van der Waals surface area contributed by atoms with Gasteiger partial charge in [-0.1, -0.05) is 12.1 Å². The minimum atomic E-state index is -0.882. The highest BCUT2D eigenvalue weighted by molar-refractivity contribution is 6.43. The number of hydrogen-bond acceptors (Lipinski definition) is 4. The van der Waals surface area contributed by atoms with Gasteiger partial charge in [-0.15, -0.1) is 0 Å². The second-order valence-electron chi connectivity index (χ2n) is 4.25. The average molecular weight is 290 g/mol. The van der Waals surface area contributed by atoms with Crippen molar-refractivity contribution < 1.29 is 9.59 Å². The highest BCUT2D eigenvalue weighted by Gasteiger charge is 2.15. The van der Waals surface area contributed by atoms with Crippen molar-refractivity contribution in [1.82, 2.24) is 0 Å². The Hall–Kier alpha value is -3.64. The Morgan fingerprint density at radius 2 is 1.45 bits per heavy atom. The smallest absolute Gasteiger partial charge is 0.314 e. The second kappa shape index (κ2) is 6.69. The number of amides is 2. The Balaban J connectivity index is 2.05. The summed E-state index contributed by atoms with van der Waals surface area (Å²) in [4.78, 5) is 23.6. The van der Waals surface area contributed by atoms with Gasteiger partial charge in [-0.25, -0.2) is 0 Å². The van der Waals surface area contributed by atoms with Crippen LogP contribution in [0.15, 0.2) is 48.5 Å². The number of para-hydroxylation sites is 1. The largest absolute Gasteiger partial charge is 0.318 e. The van der Waals surface area contributed by atoms with E-state index in [0.29, 0.717) is 11.3 Å². The number of hydrogen-bond donors (Lipinski definition) is 2. The van der Waals surface area contributed by atoms with Crippen molar-refractivity contribution in [3.8, 4) is 12.1 Å². The van der Waals surface area contributed by atoms with Gasteiger partial charge in [0.1, 0.15) is 6.07 Å². The molecule has 22 heavy (non-hydrogen) atoms. The Morgan fingerprint density at radius 3 is 2.09 bits per heavy atom. The summed E-state index contributed by atoms with van der Waals surface area (Å²) in [5.41, 5.74) is 1.38. The van der Waals surface area contributed by atoms with Crippen LogP contribution < -0.4 is 10.6 Å². The number of carbonyl (C=O) groups is 2. The Bertz CT molecular complexity index is 798. The van der Waals surface area contributed by atoms with E-state index in [1.165, 1.54) is 36.4 Å². The van der Waals surface area contributed by atoms with Crippen molar-refractivity contribution in [3.05, 3.63) is 59.7 Å². The molecule has 0 radical (unpaired) electrons. The summed E-state index contributed by atoms with van der Waals surface area (Å²) in [5.74, 6) is -1.75. The van der Waals surface area contributed by atoms with Crippen LogP contribution in [-0.2, 0) is 9.59 Å². The molecule has 2 N–H and O–H groups in total. The summed E-state index contributed by atoms with van der Waals surface area (Å²) >= 11 is 0. The number of rotatable bonds is 2. The SMILES string of the molecule is N#Cc1ccc(NC(=O)C(=O)Nc2ccccc2C#N)cc1. The first-order valence-corrected chi connectivity index (χ1v) is 6.25. The number of nitrogens with one attached hydrogen (secondary N) is 2. The molecule has 0 spiro atoms. The van der Waals surface area contributed by atoms with Crippen LogP contribution in [0.4, 0.5) is 11.4 Å². The summed E-state index contributed by atoms with van der Waals surface area (Å²) in [6, 6.07) is 16.3. The Labute approximate surface area is 126 Å². The standard InChI is InChI=1S/C16H10N4O2/c17-9-11-5-7-13(8-6-11)19-15(21)16(22)20-14-4-2-1-3-12(14)10-18/h1-8H,(H,19,21)(H,20,22). The normalized spacial score (nSPS) is 9.18. The van der Waals surface area contributed by atoms with Crippen LogP contribution >= 0.6 is 0 Å². The van der Waals surface area contributed by atoms with Crippen LogP contribution in [0.25, 0.3) is 0 Å². The molecule has 2 rings (SSSR count). The lowest BCUT2D eigenvalue weighted by atomic mass is 10.2. The van der Waals surface area contributed by atoms with E-state index in [-0.39, 0.29) is 11.3 Å². The lowest BCUT2D eigenvalue weighted by Crippen LogP contribution is -2.29. The van der Waals surface area contributed by atoms with Crippen molar-refractivity contribution in [2.45, 2.75) is 0 Å². The van der Waals surface area contributed by atoms with E-state index in [0.717, 1.165) is 0 Å². The van der Waals surface area contributed by atoms with Crippen molar-refractivity contribution in [1.29, 1.82) is 10.5 Å². The molecule has 0 fully saturated rings. The molecule has 0 heterocycles. The number of nitriles is 2. The van der Waals surface area contributed by atoms with Gasteiger partial charge >= 0.3 is 11.8 Å². The molecular weight excluding hydrogens is 280 g/mol. The quantitative estimate of drug-likeness (QED) is 0.825. The van der Waals surface area contributed by atoms with E-state index in [1.807, 2.05) is 12.1 Å². The van der Waals surface area contributed by atoms with Gasteiger partial charge in [0, 0.05) is 5.69 Å². The molecule has 0 bridgehead atoms. The predicted octanol–water partition coefficient (Wildman–Crippen LogP) is 2.01. The highest BCUT2D eigenvalue weighted by Crippen LogP contribution is 2.14. The maximum Gasteiger partial charge on any atom is 0.314 e. The van der Waals surface area contributed by atoms with Crippen LogP contribution in [0.5, 0.6) is 0 Å². The molecule has 6 nitrogen and oxygen atoms in total. The zero-order chi connectivity index (χ0) is 15.9. The third kappa shape index (κ3) is 3.47. The van der Waals surface area contributed by atoms with Gasteiger partial charge in [-0.05, 0) is 36.4 Å². The van der Waals surface area contributed by atoms with Gasteiger partial charge in [0.25, 0.3) is 0 Å². The van der Waals surface area contributed by atoms with Gasteiger partial charge in [-0.3, -0.25) is 9.59 Å². The minimum Gasteiger partial charge on any atom is -0.318 e. The van der Waals surface area contributed by atoms with Crippen molar-refractivity contribution in [3.63, 3.8) is 0 Å². The molecule has 2 aromatic carbocycles. The molecule has 106 valence electrons. The Morgan fingerprint density at radius 1 is 0.818 bits per heavy atom. The second-order valence-corrected chi connectivity index (χ2v) is 4.25. The summed E-state index contributed by atoms with van der Waals surface area (Å²) in [7, 11) is 0. The van der Waals surface area contributed by atoms with Crippen molar-refractivity contribution in [2.24, 2.45) is 0 Å². The van der Waals surface area contributed by atoms with E-state index < -0.39 is 11.8 Å². The van der Waals surface area contributed by atoms with Gasteiger partial charge in [0.15, 0.2) is 0 Å². The lowest BCUT2D eigenvalue weighted by Gasteiger charge is -2.07. The number of benzene rings is 2. The van der Waals surface area contributed by atoms with Crippen molar-refractivity contribution >= 4 is 23.2 Å². The monoisotopic (exact) mass is 290 g/mol. The van der Waals surface area contributed by atoms with Gasteiger partial charge in [-0.2, -0.15) is 10.5 Å². The van der Waals surface area contributed by atoms with Crippen LogP contribution in [0.1, 0.15) is 11.1 Å². The average Bonchev–Trinajstić information content (AvgIpc) is 2.56. The van der Waals surface area contributed by atoms with E-state index in [4.69, 9.17) is 10.5 Å². The summed E-state index contributed by atoms with van der Waals surface area (Å²) in [6.07, 6.45) is 0. The minimum absolute atomic E-state index is 0.266. The van der Waals surface area contributed by atoms with E-state index >= 15 is 0 Å². The molecule has 6 heteroatoms. The van der Waals surface area contributed by atoms with E-state index in [2.05, 4.69) is 10.6 Å². The molecule has 0 saturated heterocycles. The highest BCUT2D eigenvalue weighted by atomic mass is 16.2. The van der Waals surface area contributed by atoms with Crippen LogP contribution in [0, 0.1) is 22.7 Å². The summed E-state index contributed by atoms with van der Waals surface area (Å²) < 4.78 is 0. The molecule has 0 unspecified atom stereocenters. The first-order chi connectivity index (χ1) is 10.6. The van der Waals surface area contributed by atoms with Gasteiger partial charge in [0.05, 0.1) is 22.9 Å². The van der Waals surface area contributed by atoms with E-state index in [9.17, 15) is 9.59 Å². The van der Waals surface area contributed by atoms with E-state index in [1.54, 1.807) is 12.1 Å². The van der Waals surface area contributed by atoms with Crippen LogP contribution in [0.2, 0.25) is 0 Å². The first kappa shape index (κ1) is 14.8. The summed E-state index contributed by atoms with van der Waals surface area (Å²) in [6.45, 7) is 0. The molecule has 2 aromatic rings. The number of nitrogens with zero attached hydrogens (tertiary/aromatic N) is 2. The molecule has 0 aliphatic rings. The predicted molar refractivity (Wildman–Crippen MR) is 79.6 cm³/mol. The van der Waals surface area contributed by atoms with Crippen molar-refractivity contribution in [2.75, 3.05) is 10.6 Å². The fourth-order valence-electron chi connectivity index (χ4n) is 1.68. The molecule has 0 aliphatic carbocycles. The zero-order valence-electron chi connectivity index (χ0n) is 11.3. The molecular formula is C16H10N4O2. The van der Waals surface area contributed by atoms with Crippen LogP contribution in [0.3, 0.4) is 0 Å². The molecule has 2 amide bonds. The molecule has 0 saturated carbocycles. The zero-order valence-corrected chi connectivity index (χ0v) is 11.3. The van der Waals surface area contributed by atoms with Crippen LogP contribution in [-0.4, -0.2) is 11.8 Å². The van der Waals surface area contributed by atoms with Gasteiger partial charge < -0.3 is 10.6 Å². The number of anilines is 2. The molecule has 0 aromatic heterocycles. The maximum absolute atomic E-state index is 11.8. The summed E-state index contributed by atoms with van der Waals surface area (Å²) in [5, 5.41) is 22.4. The Kier molecular flexibility index (Phi) is 4.49. The molecule has 0 aliphatic heterocycles. The van der Waals surface area contributed by atoms with Gasteiger partial charge in [0.2, 0.25) is 0 Å². The third-order valence-electron chi connectivity index (χ3n) is 2.77. The maximum atomic E-state index is 11.8. The number of carbonyl (C=O) groups excluding carboxylic acids is 2. The fraction of sp³-hybridized carbons (Fsp3) is 0. The fourth-order valence-corrected chi connectivity index (χ4v) is 1.68. The first-order valence-electron chi connectivity index (χ1n) is 6.25. The third-order valence-corrected chi connectivity index (χ3v) is 2.77.